The van der Waals surface area contributed by atoms with E-state index in [0.29, 0.717) is 24.1 Å². The zero-order chi connectivity index (χ0) is 19.0. The Balaban J connectivity index is 1.83. The molecule has 0 aliphatic carbocycles. The van der Waals surface area contributed by atoms with Crippen molar-refractivity contribution in [2.24, 2.45) is 0 Å². The first-order chi connectivity index (χ1) is 13.1. The first kappa shape index (κ1) is 17.4. The van der Waals surface area contributed by atoms with Gasteiger partial charge in [0.1, 0.15) is 5.75 Å². The molecule has 0 spiro atoms. The number of carbonyl (C=O) groups excluding carboxylic acids is 2. The molecule has 0 saturated carbocycles. The lowest BCUT2D eigenvalue weighted by Crippen LogP contribution is -2.58. The van der Waals surface area contributed by atoms with Crippen molar-refractivity contribution in [3.63, 3.8) is 0 Å². The van der Waals surface area contributed by atoms with Gasteiger partial charge in [-0.1, -0.05) is 24.3 Å². The molecule has 27 heavy (non-hydrogen) atoms. The molecule has 2 aromatic carbocycles. The molecule has 0 radical (unpaired) electrons. The fourth-order valence-corrected chi connectivity index (χ4v) is 3.99. The quantitative estimate of drug-likeness (QED) is 0.771. The summed E-state index contributed by atoms with van der Waals surface area (Å²) in [6.07, 6.45) is 1.04. The summed E-state index contributed by atoms with van der Waals surface area (Å²) in [7, 11) is 1.62. The average molecular weight is 367 g/mol. The molecule has 1 saturated heterocycles. The van der Waals surface area contributed by atoms with E-state index in [-0.39, 0.29) is 12.6 Å². The smallest absolute Gasteiger partial charge is 0.372 e. The van der Waals surface area contributed by atoms with Crippen LogP contribution in [0.1, 0.15) is 41.7 Å². The maximum Gasteiger partial charge on any atom is 0.372 e. The summed E-state index contributed by atoms with van der Waals surface area (Å²) in [5, 5.41) is 0. The highest BCUT2D eigenvalue weighted by Crippen LogP contribution is 2.51. The van der Waals surface area contributed by atoms with Crippen molar-refractivity contribution >= 4 is 17.6 Å². The van der Waals surface area contributed by atoms with E-state index >= 15 is 0 Å². The van der Waals surface area contributed by atoms with Crippen molar-refractivity contribution < 1.29 is 23.8 Å². The molecule has 0 unspecified atom stereocenters. The summed E-state index contributed by atoms with van der Waals surface area (Å²) in [4.78, 5) is 27.4. The molecule has 0 amide bonds. The van der Waals surface area contributed by atoms with Crippen LogP contribution in [0.4, 0.5) is 5.69 Å². The van der Waals surface area contributed by atoms with Gasteiger partial charge >= 0.3 is 11.9 Å². The Kier molecular flexibility index (Phi) is 4.26. The number of carbonyl (C=O) groups is 2. The van der Waals surface area contributed by atoms with Crippen molar-refractivity contribution in [2.45, 2.75) is 31.5 Å². The Hall–Kier alpha value is -3.02. The lowest BCUT2D eigenvalue weighted by molar-refractivity contribution is -0.165. The van der Waals surface area contributed by atoms with E-state index in [4.69, 9.17) is 14.2 Å². The zero-order valence-electron chi connectivity index (χ0n) is 15.3. The van der Waals surface area contributed by atoms with Crippen LogP contribution in [0, 0.1) is 0 Å². The third-order valence-electron chi connectivity index (χ3n) is 5.20. The van der Waals surface area contributed by atoms with Crippen molar-refractivity contribution in [3.8, 4) is 5.75 Å². The summed E-state index contributed by atoms with van der Waals surface area (Å²) < 4.78 is 16.3. The van der Waals surface area contributed by atoms with E-state index in [1.807, 2.05) is 41.3 Å². The zero-order valence-corrected chi connectivity index (χ0v) is 15.3. The van der Waals surface area contributed by atoms with Crippen LogP contribution in [0.5, 0.6) is 5.75 Å². The van der Waals surface area contributed by atoms with Gasteiger partial charge in [-0.25, -0.2) is 9.59 Å². The second-order valence-corrected chi connectivity index (χ2v) is 6.61. The largest absolute Gasteiger partial charge is 0.497 e. The van der Waals surface area contributed by atoms with E-state index in [1.54, 1.807) is 26.2 Å². The van der Waals surface area contributed by atoms with E-state index in [0.717, 1.165) is 11.3 Å². The van der Waals surface area contributed by atoms with Crippen LogP contribution in [-0.2, 0) is 14.3 Å². The van der Waals surface area contributed by atoms with Crippen molar-refractivity contribution in [2.75, 3.05) is 18.6 Å². The molecule has 6 heteroatoms. The van der Waals surface area contributed by atoms with Gasteiger partial charge in [-0.3, -0.25) is 0 Å². The number of ether oxygens (including phenoxy) is 3. The first-order valence-corrected chi connectivity index (χ1v) is 9.03. The van der Waals surface area contributed by atoms with E-state index in [9.17, 15) is 9.59 Å². The summed E-state index contributed by atoms with van der Waals surface area (Å²) in [5.74, 6) is -0.256. The highest BCUT2D eigenvalue weighted by atomic mass is 16.6. The van der Waals surface area contributed by atoms with Crippen LogP contribution in [0.25, 0.3) is 0 Å². The van der Waals surface area contributed by atoms with Crippen LogP contribution >= 0.6 is 0 Å². The predicted octanol–water partition coefficient (Wildman–Crippen LogP) is 3.47. The van der Waals surface area contributed by atoms with E-state index < -0.39 is 17.7 Å². The number of nitrogens with zero attached hydrogens (tertiary/aromatic N) is 1. The molecule has 4 rings (SSSR count). The van der Waals surface area contributed by atoms with Crippen LogP contribution < -0.4 is 9.64 Å². The lowest BCUT2D eigenvalue weighted by atomic mass is 10.0. The molecule has 1 fully saturated rings. The van der Waals surface area contributed by atoms with E-state index in [2.05, 4.69) is 0 Å². The Morgan fingerprint density at radius 3 is 2.67 bits per heavy atom. The van der Waals surface area contributed by atoms with Gasteiger partial charge in [0.15, 0.2) is 0 Å². The molecule has 2 aromatic rings. The fraction of sp³-hybridized carbons (Fsp3) is 0.333. The third-order valence-corrected chi connectivity index (χ3v) is 5.20. The molecule has 2 heterocycles. The number of anilines is 1. The number of fused-ring (bicyclic) bond motifs is 3. The van der Waals surface area contributed by atoms with Crippen LogP contribution in [-0.4, -0.2) is 31.4 Å². The van der Waals surface area contributed by atoms with Gasteiger partial charge in [0.25, 0.3) is 5.72 Å². The van der Waals surface area contributed by atoms with Crippen LogP contribution in [0.15, 0.2) is 48.5 Å². The number of esters is 2. The Bertz CT molecular complexity index is 878. The third kappa shape index (κ3) is 2.63. The number of para-hydroxylation sites is 1. The minimum atomic E-state index is -1.42. The second kappa shape index (κ2) is 6.61. The van der Waals surface area contributed by atoms with Crippen LogP contribution in [0.2, 0.25) is 0 Å². The Morgan fingerprint density at radius 1 is 1.22 bits per heavy atom. The molecule has 0 N–H and O–H groups in total. The van der Waals surface area contributed by atoms with Gasteiger partial charge in [-0.2, -0.15) is 0 Å². The van der Waals surface area contributed by atoms with Gasteiger partial charge in [0.2, 0.25) is 0 Å². The molecule has 2 aliphatic rings. The van der Waals surface area contributed by atoms with Crippen molar-refractivity contribution in [1.29, 1.82) is 0 Å². The van der Waals surface area contributed by atoms with Gasteiger partial charge in [0, 0.05) is 6.42 Å². The van der Waals surface area contributed by atoms with Crippen molar-refractivity contribution in [3.05, 3.63) is 59.7 Å². The fourth-order valence-electron chi connectivity index (χ4n) is 3.99. The van der Waals surface area contributed by atoms with Crippen LogP contribution in [0.3, 0.4) is 0 Å². The minimum absolute atomic E-state index is 0.116. The molecule has 2 aliphatic heterocycles. The molecule has 0 bridgehead atoms. The van der Waals surface area contributed by atoms with Gasteiger partial charge < -0.3 is 19.1 Å². The minimum Gasteiger partial charge on any atom is -0.497 e. The number of rotatable bonds is 4. The summed E-state index contributed by atoms with van der Waals surface area (Å²) in [6.45, 7) is 1.97. The summed E-state index contributed by atoms with van der Waals surface area (Å²) in [5.41, 5.74) is 0.749. The normalized spacial score (nSPS) is 23.3. The number of hydrogen-bond donors (Lipinski definition) is 0. The first-order valence-electron chi connectivity index (χ1n) is 9.03. The monoisotopic (exact) mass is 367 g/mol. The number of methoxy groups -OCH3 is 1. The maximum atomic E-state index is 12.9. The highest BCUT2D eigenvalue weighted by Gasteiger charge is 2.59. The summed E-state index contributed by atoms with van der Waals surface area (Å²) >= 11 is 0. The van der Waals surface area contributed by atoms with Gasteiger partial charge in [0.05, 0.1) is 31.0 Å². The molecule has 140 valence electrons. The lowest BCUT2D eigenvalue weighted by Gasteiger charge is -2.43. The predicted molar refractivity (Wildman–Crippen MR) is 98.7 cm³/mol. The van der Waals surface area contributed by atoms with Gasteiger partial charge in [-0.05, 0) is 43.2 Å². The Morgan fingerprint density at radius 2 is 1.96 bits per heavy atom. The second-order valence-electron chi connectivity index (χ2n) is 6.61. The van der Waals surface area contributed by atoms with Gasteiger partial charge in [-0.15, -0.1) is 0 Å². The Labute approximate surface area is 157 Å². The molecular weight excluding hydrogens is 346 g/mol. The maximum absolute atomic E-state index is 12.9. The number of benzene rings is 2. The highest BCUT2D eigenvalue weighted by molar-refractivity contribution is 6.02. The summed E-state index contributed by atoms with van der Waals surface area (Å²) in [6, 6.07) is 14.8. The molecular formula is C21H21NO5. The molecule has 2 atom stereocenters. The SMILES string of the molecule is CCOC(=O)[C@@]12CC[C@@H](c3ccc(OC)cc3)N1c1ccccc1C(=O)O2. The molecule has 6 nitrogen and oxygen atoms in total. The topological polar surface area (TPSA) is 65.1 Å². The molecule has 0 aromatic heterocycles. The van der Waals surface area contributed by atoms with Crippen molar-refractivity contribution in [1.82, 2.24) is 0 Å². The standard InChI is InChI=1S/C21H21NO5/c1-3-26-20(24)21-13-12-17(14-8-10-15(25-2)11-9-14)22(21)18-7-5-4-6-16(18)19(23)27-21/h4-11,17H,3,12-13H2,1-2H3/t17-,21-/m0/s1. The van der Waals surface area contributed by atoms with E-state index in [1.165, 1.54) is 0 Å². The average Bonchev–Trinajstić information content (AvgIpc) is 3.09. The number of hydrogen-bond acceptors (Lipinski definition) is 6.